The van der Waals surface area contributed by atoms with Crippen molar-refractivity contribution < 1.29 is 5.11 Å². The molecule has 0 aromatic heterocycles. The molecule has 2 heteroatoms. The van der Waals surface area contributed by atoms with Gasteiger partial charge in [-0.25, -0.2) is 0 Å². The molecule has 0 bridgehead atoms. The van der Waals surface area contributed by atoms with Gasteiger partial charge in [0.1, 0.15) is 0 Å². The molecular weight excluding hydrogens is 114 g/mol. The summed E-state index contributed by atoms with van der Waals surface area (Å²) in [5.41, 5.74) is 5.59. The zero-order chi connectivity index (χ0) is 7.44. The molecule has 0 rings (SSSR count). The molecule has 0 aromatic carbocycles. The van der Waals surface area contributed by atoms with E-state index < -0.39 is 0 Å². The molecule has 0 saturated carbocycles. The summed E-state index contributed by atoms with van der Waals surface area (Å²) in [6.45, 7) is 6.28. The van der Waals surface area contributed by atoms with Crippen LogP contribution in [0.2, 0.25) is 0 Å². The number of hydrogen-bond acceptors (Lipinski definition) is 2. The van der Waals surface area contributed by atoms with E-state index in [0.717, 1.165) is 0 Å². The molecule has 2 nitrogen and oxygen atoms in total. The second-order valence-corrected chi connectivity index (χ2v) is 2.95. The molecule has 0 aromatic rings. The molecule has 0 radical (unpaired) electrons. The summed E-state index contributed by atoms with van der Waals surface area (Å²) < 4.78 is 0. The number of aliphatic hydroxyl groups excluding tert-OH is 1. The molecule has 9 heavy (non-hydrogen) atoms. The fraction of sp³-hybridized carbons (Fsp3) is 1.00. The highest BCUT2D eigenvalue weighted by atomic mass is 16.3. The summed E-state index contributed by atoms with van der Waals surface area (Å²) >= 11 is 0. The average Bonchev–Trinajstić information content (AvgIpc) is 1.64. The van der Waals surface area contributed by atoms with Crippen LogP contribution in [0.5, 0.6) is 0 Å². The lowest BCUT2D eigenvalue weighted by molar-refractivity contribution is 0.171. The highest BCUT2D eigenvalue weighted by molar-refractivity contribution is 4.69. The second-order valence-electron chi connectivity index (χ2n) is 2.95. The third-order valence-corrected chi connectivity index (χ3v) is 1.74. The van der Waals surface area contributed by atoms with E-state index in [0.29, 0.717) is 5.92 Å². The van der Waals surface area contributed by atoms with Gasteiger partial charge < -0.3 is 10.8 Å². The van der Waals surface area contributed by atoms with Gasteiger partial charge in [-0.3, -0.25) is 0 Å². The topological polar surface area (TPSA) is 46.2 Å². The highest BCUT2D eigenvalue weighted by Gasteiger charge is 2.15. The Kier molecular flexibility index (Phi) is 3.82. The van der Waals surface area contributed by atoms with E-state index >= 15 is 0 Å². The zero-order valence-corrected chi connectivity index (χ0v) is 6.46. The zero-order valence-electron chi connectivity index (χ0n) is 6.46. The predicted octanol–water partition coefficient (Wildman–Crippen LogP) is 0.598. The van der Waals surface area contributed by atoms with Crippen molar-refractivity contribution in [1.82, 2.24) is 0 Å². The molecule has 0 saturated heterocycles. The molecule has 2 unspecified atom stereocenters. The van der Waals surface area contributed by atoms with Crippen LogP contribution in [0.25, 0.3) is 0 Å². The van der Waals surface area contributed by atoms with Crippen LogP contribution in [-0.2, 0) is 0 Å². The molecule has 3 N–H and O–H groups in total. The lowest BCUT2D eigenvalue weighted by Crippen LogP contribution is -2.32. The Labute approximate surface area is 57.1 Å². The van der Waals surface area contributed by atoms with Crippen molar-refractivity contribution >= 4 is 0 Å². The Hall–Kier alpha value is -0.0800. The van der Waals surface area contributed by atoms with Crippen LogP contribution in [0.4, 0.5) is 0 Å². The van der Waals surface area contributed by atoms with E-state index in [1.807, 2.05) is 6.92 Å². The van der Waals surface area contributed by atoms with Gasteiger partial charge in [0.15, 0.2) is 0 Å². The Bertz CT molecular complexity index is 63.3. The fourth-order valence-electron chi connectivity index (χ4n) is 0.984. The largest absolute Gasteiger partial charge is 0.396 e. The first-order chi connectivity index (χ1) is 4.09. The van der Waals surface area contributed by atoms with Crippen molar-refractivity contribution in [3.05, 3.63) is 0 Å². The van der Waals surface area contributed by atoms with Gasteiger partial charge in [0, 0.05) is 12.6 Å². The van der Waals surface area contributed by atoms with E-state index in [-0.39, 0.29) is 18.6 Å². The van der Waals surface area contributed by atoms with Gasteiger partial charge in [-0.2, -0.15) is 0 Å². The molecule has 0 amide bonds. The first kappa shape index (κ1) is 8.92. The van der Waals surface area contributed by atoms with Crippen LogP contribution in [0.15, 0.2) is 0 Å². The van der Waals surface area contributed by atoms with Crippen LogP contribution in [0, 0.1) is 11.8 Å². The smallest absolute Gasteiger partial charge is 0.0476 e. The van der Waals surface area contributed by atoms with Gasteiger partial charge in [-0.15, -0.1) is 0 Å². The first-order valence-corrected chi connectivity index (χ1v) is 3.46. The van der Waals surface area contributed by atoms with Crippen LogP contribution >= 0.6 is 0 Å². The first-order valence-electron chi connectivity index (χ1n) is 3.46. The number of rotatable bonds is 3. The van der Waals surface area contributed by atoms with E-state index in [1.54, 1.807) is 0 Å². The monoisotopic (exact) mass is 131 g/mol. The molecule has 0 heterocycles. The molecule has 0 spiro atoms. The lowest BCUT2D eigenvalue weighted by atomic mass is 9.91. The Balaban J connectivity index is 3.68. The Morgan fingerprint density at radius 3 is 1.78 bits per heavy atom. The third kappa shape index (κ3) is 2.82. The minimum atomic E-state index is 0.106. The summed E-state index contributed by atoms with van der Waals surface area (Å²) in [5, 5.41) is 8.79. The maximum Gasteiger partial charge on any atom is 0.0476 e. The lowest BCUT2D eigenvalue weighted by Gasteiger charge is -2.21. The Morgan fingerprint density at radius 1 is 1.33 bits per heavy atom. The Morgan fingerprint density at radius 2 is 1.78 bits per heavy atom. The standard InChI is InChI=1S/C7H17NO/c1-5(2)7(4-9)6(3)8/h5-7,9H,4,8H2,1-3H3. The normalized spacial score (nSPS) is 18.0. The molecular formula is C7H17NO. The summed E-state index contributed by atoms with van der Waals surface area (Å²) in [4.78, 5) is 0. The van der Waals surface area contributed by atoms with Gasteiger partial charge in [-0.05, 0) is 18.8 Å². The van der Waals surface area contributed by atoms with E-state index in [1.165, 1.54) is 0 Å². The predicted molar refractivity (Wildman–Crippen MR) is 39.1 cm³/mol. The van der Waals surface area contributed by atoms with Gasteiger partial charge in [0.25, 0.3) is 0 Å². The maximum absolute atomic E-state index is 8.79. The second kappa shape index (κ2) is 3.85. The number of aliphatic hydroxyl groups is 1. The van der Waals surface area contributed by atoms with Gasteiger partial charge >= 0.3 is 0 Å². The van der Waals surface area contributed by atoms with Crippen molar-refractivity contribution in [3.63, 3.8) is 0 Å². The number of nitrogens with two attached hydrogens (primary N) is 1. The highest BCUT2D eigenvalue weighted by Crippen LogP contribution is 2.12. The number of hydrogen-bond donors (Lipinski definition) is 2. The van der Waals surface area contributed by atoms with Crippen LogP contribution in [0.3, 0.4) is 0 Å². The van der Waals surface area contributed by atoms with E-state index in [4.69, 9.17) is 10.8 Å². The summed E-state index contributed by atoms with van der Waals surface area (Å²) in [5.74, 6) is 0.736. The van der Waals surface area contributed by atoms with Crippen molar-refractivity contribution in [2.75, 3.05) is 6.61 Å². The molecule has 2 atom stereocenters. The van der Waals surface area contributed by atoms with E-state index in [2.05, 4.69) is 13.8 Å². The minimum absolute atomic E-state index is 0.106. The molecule has 56 valence electrons. The molecule has 0 aliphatic carbocycles. The summed E-state index contributed by atoms with van der Waals surface area (Å²) in [6.07, 6.45) is 0. The van der Waals surface area contributed by atoms with Crippen molar-refractivity contribution in [1.29, 1.82) is 0 Å². The third-order valence-electron chi connectivity index (χ3n) is 1.74. The minimum Gasteiger partial charge on any atom is -0.396 e. The van der Waals surface area contributed by atoms with Crippen molar-refractivity contribution in [2.45, 2.75) is 26.8 Å². The van der Waals surface area contributed by atoms with Gasteiger partial charge in [-0.1, -0.05) is 13.8 Å². The van der Waals surface area contributed by atoms with Crippen LogP contribution < -0.4 is 5.73 Å². The maximum atomic E-state index is 8.79. The summed E-state index contributed by atoms with van der Waals surface area (Å²) in [7, 11) is 0. The van der Waals surface area contributed by atoms with Crippen LogP contribution in [0.1, 0.15) is 20.8 Å². The summed E-state index contributed by atoms with van der Waals surface area (Å²) in [6, 6.07) is 0.106. The van der Waals surface area contributed by atoms with Crippen molar-refractivity contribution in [2.24, 2.45) is 17.6 Å². The van der Waals surface area contributed by atoms with Crippen molar-refractivity contribution in [3.8, 4) is 0 Å². The van der Waals surface area contributed by atoms with E-state index in [9.17, 15) is 0 Å². The molecule has 0 aliphatic rings. The van der Waals surface area contributed by atoms with Gasteiger partial charge in [0.2, 0.25) is 0 Å². The SMILES string of the molecule is CC(C)C(CO)C(C)N. The molecule has 0 fully saturated rings. The molecule has 0 aliphatic heterocycles. The van der Waals surface area contributed by atoms with Gasteiger partial charge in [0.05, 0.1) is 0 Å². The average molecular weight is 131 g/mol. The fourth-order valence-corrected chi connectivity index (χ4v) is 0.984. The quantitative estimate of drug-likeness (QED) is 0.589. The van der Waals surface area contributed by atoms with Crippen LogP contribution in [-0.4, -0.2) is 17.8 Å².